The predicted molar refractivity (Wildman–Crippen MR) is 107 cm³/mol. The molecule has 26 heavy (non-hydrogen) atoms. The van der Waals surface area contributed by atoms with Crippen molar-refractivity contribution in [3.05, 3.63) is 41.0 Å². The molecule has 2 atom stereocenters. The first-order valence-electron chi connectivity index (χ1n) is 10.1. The van der Waals surface area contributed by atoms with Gasteiger partial charge in [0.1, 0.15) is 0 Å². The number of benzene rings is 1. The van der Waals surface area contributed by atoms with E-state index in [1.54, 1.807) is 6.07 Å². The van der Waals surface area contributed by atoms with Crippen LogP contribution in [0.3, 0.4) is 0 Å². The number of nitrogens with one attached hydrogen (secondary N) is 1. The van der Waals surface area contributed by atoms with Gasteiger partial charge in [-0.25, -0.2) is 0 Å². The summed E-state index contributed by atoms with van der Waals surface area (Å²) in [7, 11) is 0. The van der Waals surface area contributed by atoms with Crippen LogP contribution in [-0.2, 0) is 0 Å². The van der Waals surface area contributed by atoms with Crippen LogP contribution in [0.15, 0.2) is 23.8 Å². The molecule has 3 rings (SSSR count). The monoisotopic (exact) mass is 422 g/mol. The molecule has 1 N–H and O–H groups in total. The van der Waals surface area contributed by atoms with E-state index in [1.807, 2.05) is 6.08 Å². The van der Waals surface area contributed by atoms with Crippen molar-refractivity contribution in [2.24, 2.45) is 5.92 Å². The summed E-state index contributed by atoms with van der Waals surface area (Å²) in [5.41, 5.74) is 1.73. The van der Waals surface area contributed by atoms with E-state index in [9.17, 15) is 8.78 Å². The molecule has 1 aliphatic carbocycles. The molecule has 1 radical (unpaired) electrons. The minimum atomic E-state index is -0.511. The van der Waals surface area contributed by atoms with E-state index >= 15 is 0 Å². The molecule has 0 spiro atoms. The van der Waals surface area contributed by atoms with Crippen LogP contribution in [0.2, 0.25) is 9.91 Å². The third kappa shape index (κ3) is 5.92. The van der Waals surface area contributed by atoms with Gasteiger partial charge >= 0.3 is 164 Å². The molecule has 1 aliphatic heterocycles. The van der Waals surface area contributed by atoms with Crippen molar-refractivity contribution in [1.82, 2.24) is 5.32 Å². The van der Waals surface area contributed by atoms with Gasteiger partial charge in [-0.15, -0.1) is 0 Å². The topological polar surface area (TPSA) is 12.0 Å². The normalized spacial score (nSPS) is 23.8. The Kier molecular flexibility index (Phi) is 7.75. The maximum atomic E-state index is 13.9. The number of hydrogen-bond acceptors (Lipinski definition) is 1. The second kappa shape index (κ2) is 10.0. The van der Waals surface area contributed by atoms with E-state index in [0.29, 0.717) is 11.6 Å². The summed E-state index contributed by atoms with van der Waals surface area (Å²) in [4.78, 5) is 0. The Morgan fingerprint density at radius 3 is 2.69 bits per heavy atom. The van der Waals surface area contributed by atoms with Gasteiger partial charge in [-0.1, -0.05) is 0 Å². The Morgan fingerprint density at radius 1 is 1.19 bits per heavy atom. The number of hydrogen-bond donors (Lipinski definition) is 1. The fourth-order valence-corrected chi connectivity index (χ4v) is 7.66. The first-order valence-corrected chi connectivity index (χ1v) is 12.5. The van der Waals surface area contributed by atoms with E-state index < -0.39 is 11.6 Å². The summed E-state index contributed by atoms with van der Waals surface area (Å²) in [6.07, 6.45) is 13.0. The van der Waals surface area contributed by atoms with E-state index in [2.05, 4.69) is 12.2 Å². The molecule has 4 heteroatoms. The SMILES string of the molecule is C/C(=C\c1ccc(F)cc1F)C[As][C@@H](CC1CCCCC1)C1CCCN1. The zero-order chi connectivity index (χ0) is 18.4. The molecule has 1 saturated heterocycles. The Hall–Kier alpha value is -0.662. The van der Waals surface area contributed by atoms with Gasteiger partial charge in [-0.05, 0) is 0 Å². The van der Waals surface area contributed by atoms with Crippen molar-refractivity contribution in [2.75, 3.05) is 6.54 Å². The van der Waals surface area contributed by atoms with Crippen molar-refractivity contribution in [3.63, 3.8) is 0 Å². The summed E-state index contributed by atoms with van der Waals surface area (Å²) in [6, 6.07) is 4.56. The molecule has 1 saturated carbocycles. The summed E-state index contributed by atoms with van der Waals surface area (Å²) >= 11 is 0.204. The summed E-state index contributed by atoms with van der Waals surface area (Å²) in [6.45, 7) is 3.26. The minimum absolute atomic E-state index is 0.204. The molecule has 143 valence electrons. The van der Waals surface area contributed by atoms with Crippen LogP contribution in [-0.4, -0.2) is 28.3 Å². The van der Waals surface area contributed by atoms with Gasteiger partial charge in [0, 0.05) is 0 Å². The Morgan fingerprint density at radius 2 is 2.00 bits per heavy atom. The summed E-state index contributed by atoms with van der Waals surface area (Å²) in [5, 5.41) is 4.82. The van der Waals surface area contributed by atoms with Crippen LogP contribution < -0.4 is 5.32 Å². The zero-order valence-electron chi connectivity index (χ0n) is 15.8. The zero-order valence-corrected chi connectivity index (χ0v) is 17.7. The Bertz CT molecular complexity index is 604. The van der Waals surface area contributed by atoms with Crippen molar-refractivity contribution < 1.29 is 8.78 Å². The van der Waals surface area contributed by atoms with Crippen molar-refractivity contribution >= 4 is 21.8 Å². The molecule has 1 aromatic carbocycles. The van der Waals surface area contributed by atoms with Gasteiger partial charge in [0.25, 0.3) is 0 Å². The predicted octanol–water partition coefficient (Wildman–Crippen LogP) is 6.00. The quantitative estimate of drug-likeness (QED) is 0.532. The van der Waals surface area contributed by atoms with Gasteiger partial charge in [-0.2, -0.15) is 0 Å². The second-order valence-corrected chi connectivity index (χ2v) is 10.8. The number of allylic oxidation sites excluding steroid dienone is 1. The van der Waals surface area contributed by atoms with Crippen LogP contribution in [0.25, 0.3) is 6.08 Å². The average Bonchev–Trinajstić information content (AvgIpc) is 3.16. The molecule has 1 unspecified atom stereocenters. The molecule has 1 nitrogen and oxygen atoms in total. The van der Waals surface area contributed by atoms with Gasteiger partial charge < -0.3 is 0 Å². The maximum absolute atomic E-state index is 13.9. The van der Waals surface area contributed by atoms with Gasteiger partial charge in [-0.3, -0.25) is 0 Å². The third-order valence-corrected chi connectivity index (χ3v) is 9.41. The van der Waals surface area contributed by atoms with Gasteiger partial charge in [0.05, 0.1) is 0 Å². The first kappa shape index (κ1) is 20.1. The second-order valence-electron chi connectivity index (χ2n) is 8.01. The van der Waals surface area contributed by atoms with E-state index in [1.165, 1.54) is 69.6 Å². The van der Waals surface area contributed by atoms with E-state index in [4.69, 9.17) is 0 Å². The first-order chi connectivity index (χ1) is 12.6. The number of rotatable bonds is 7. The summed E-state index contributed by atoms with van der Waals surface area (Å²) < 4.78 is 27.8. The summed E-state index contributed by atoms with van der Waals surface area (Å²) in [5.74, 6) is -0.0504. The Labute approximate surface area is 163 Å². The van der Waals surface area contributed by atoms with Crippen molar-refractivity contribution in [3.8, 4) is 0 Å². The molecule has 0 aromatic heterocycles. The van der Waals surface area contributed by atoms with Crippen molar-refractivity contribution in [2.45, 2.75) is 74.2 Å². The molecule has 0 amide bonds. The molecule has 0 bridgehead atoms. The molecule has 1 aromatic rings. The van der Waals surface area contributed by atoms with Gasteiger partial charge in [0.15, 0.2) is 0 Å². The molecule has 2 aliphatic rings. The van der Waals surface area contributed by atoms with Crippen LogP contribution >= 0.6 is 0 Å². The fraction of sp³-hybridized carbons (Fsp3) is 0.636. The van der Waals surface area contributed by atoms with E-state index in [-0.39, 0.29) is 15.8 Å². The number of halogens is 2. The molecular weight excluding hydrogens is 391 g/mol. The molecule has 2 fully saturated rings. The Balaban J connectivity index is 1.59. The molecule has 1 heterocycles. The van der Waals surface area contributed by atoms with Crippen LogP contribution in [0.5, 0.6) is 0 Å². The van der Waals surface area contributed by atoms with Crippen LogP contribution in [0.1, 0.15) is 63.9 Å². The van der Waals surface area contributed by atoms with Crippen LogP contribution in [0.4, 0.5) is 8.78 Å². The van der Waals surface area contributed by atoms with E-state index in [0.717, 1.165) is 21.9 Å². The van der Waals surface area contributed by atoms with Gasteiger partial charge in [0.2, 0.25) is 0 Å². The fourth-order valence-electron chi connectivity index (χ4n) is 4.36. The van der Waals surface area contributed by atoms with Crippen molar-refractivity contribution in [1.29, 1.82) is 0 Å². The standard InChI is InChI=1S/C22H31AsF2N/c1-16(12-18-9-10-19(24)14-21(18)25)15-23-20(22-8-5-11-26-22)13-17-6-3-2-4-7-17/h9-10,12,14,17,20,22,26H,2-8,11,13,15H2,1H3/b16-12+/t20-,22?/m0/s1. The average molecular weight is 422 g/mol. The van der Waals surface area contributed by atoms with Crippen LogP contribution in [0, 0.1) is 17.6 Å². The third-order valence-electron chi connectivity index (χ3n) is 5.80. The molecular formula is C22H31AsF2N.